The average Bonchev–Trinajstić information content (AvgIpc) is 3.15. The molecule has 138 valence electrons. The van der Waals surface area contributed by atoms with Crippen molar-refractivity contribution < 1.29 is 9.53 Å². The number of H-pyrrole nitrogens is 1. The number of esters is 1. The Morgan fingerprint density at radius 3 is 2.74 bits per heavy atom. The predicted molar refractivity (Wildman–Crippen MR) is 105 cm³/mol. The van der Waals surface area contributed by atoms with E-state index in [0.717, 1.165) is 54.1 Å². The minimum atomic E-state index is -0.409. The van der Waals surface area contributed by atoms with E-state index in [2.05, 4.69) is 37.5 Å². The van der Waals surface area contributed by atoms with Gasteiger partial charge in [0.25, 0.3) is 0 Å². The minimum Gasteiger partial charge on any atom is -0.466 e. The number of nitrogens with one attached hydrogen (secondary N) is 2. The Hall–Kier alpha value is -3.19. The number of pyridine rings is 1. The van der Waals surface area contributed by atoms with Crippen LogP contribution in [0.5, 0.6) is 0 Å². The van der Waals surface area contributed by atoms with E-state index in [4.69, 9.17) is 4.74 Å². The number of hydrogen-bond acceptors (Lipinski definition) is 6. The molecule has 0 amide bonds. The van der Waals surface area contributed by atoms with Gasteiger partial charge in [-0.2, -0.15) is 5.10 Å². The van der Waals surface area contributed by atoms with Crippen LogP contribution < -0.4 is 10.2 Å². The van der Waals surface area contributed by atoms with Crippen LogP contribution in [-0.2, 0) is 9.53 Å². The summed E-state index contributed by atoms with van der Waals surface area (Å²) in [5.74, 6) is -0.409. The van der Waals surface area contributed by atoms with E-state index < -0.39 is 5.97 Å². The lowest BCUT2D eigenvalue weighted by Crippen LogP contribution is -2.43. The van der Waals surface area contributed by atoms with Gasteiger partial charge in [0.2, 0.25) is 0 Å². The molecule has 27 heavy (non-hydrogen) atoms. The number of methoxy groups -OCH3 is 1. The molecule has 0 radical (unpaired) electrons. The van der Waals surface area contributed by atoms with Crippen molar-refractivity contribution in [3.8, 4) is 11.1 Å². The number of benzene rings is 1. The molecule has 2 N–H and O–H groups in total. The number of fused-ring (bicyclic) bond motifs is 1. The smallest absolute Gasteiger partial charge is 0.330 e. The fourth-order valence-corrected chi connectivity index (χ4v) is 3.38. The van der Waals surface area contributed by atoms with E-state index in [1.165, 1.54) is 13.2 Å². The van der Waals surface area contributed by atoms with Crippen molar-refractivity contribution in [3.05, 3.63) is 48.3 Å². The summed E-state index contributed by atoms with van der Waals surface area (Å²) in [6.45, 7) is 3.63. The summed E-state index contributed by atoms with van der Waals surface area (Å²) < 4.78 is 4.71. The molecule has 0 bridgehead atoms. The number of nitrogens with zero attached hydrogens (tertiary/aromatic N) is 3. The van der Waals surface area contributed by atoms with Crippen LogP contribution in [0, 0.1) is 0 Å². The SMILES string of the molecule is COC(=O)/C=C/c1[nH]nc2ncc(-c3ccccc3)c(N3CCNCC3)c12. The van der Waals surface area contributed by atoms with E-state index in [0.29, 0.717) is 5.65 Å². The highest BCUT2D eigenvalue weighted by atomic mass is 16.5. The molecule has 1 aliphatic rings. The molecule has 1 fully saturated rings. The monoisotopic (exact) mass is 363 g/mol. The molecule has 0 atom stereocenters. The summed E-state index contributed by atoms with van der Waals surface area (Å²) >= 11 is 0. The molecule has 3 heterocycles. The van der Waals surface area contributed by atoms with E-state index in [-0.39, 0.29) is 0 Å². The topological polar surface area (TPSA) is 83.1 Å². The second-order valence-electron chi connectivity index (χ2n) is 6.32. The lowest BCUT2D eigenvalue weighted by molar-refractivity contribution is -0.134. The van der Waals surface area contributed by atoms with Gasteiger partial charge < -0.3 is 15.0 Å². The Labute approximate surface area is 157 Å². The summed E-state index contributed by atoms with van der Waals surface area (Å²) in [4.78, 5) is 18.4. The summed E-state index contributed by atoms with van der Waals surface area (Å²) in [5.41, 5.74) is 4.62. The number of ether oxygens (including phenoxy) is 1. The molecule has 0 spiro atoms. The Balaban J connectivity index is 1.92. The van der Waals surface area contributed by atoms with Crippen molar-refractivity contribution in [1.29, 1.82) is 0 Å². The van der Waals surface area contributed by atoms with Gasteiger partial charge in [0.1, 0.15) is 0 Å². The Morgan fingerprint density at radius 2 is 2.00 bits per heavy atom. The van der Waals surface area contributed by atoms with Gasteiger partial charge in [-0.1, -0.05) is 30.3 Å². The molecule has 0 unspecified atom stereocenters. The maximum atomic E-state index is 11.5. The summed E-state index contributed by atoms with van der Waals surface area (Å²) in [5, 5.41) is 11.6. The largest absolute Gasteiger partial charge is 0.466 e. The molecule has 0 aliphatic carbocycles. The number of aromatic amines is 1. The van der Waals surface area contributed by atoms with Gasteiger partial charge in [-0.15, -0.1) is 0 Å². The highest BCUT2D eigenvalue weighted by Crippen LogP contribution is 2.37. The zero-order chi connectivity index (χ0) is 18.6. The van der Waals surface area contributed by atoms with Crippen LogP contribution in [-0.4, -0.2) is 54.4 Å². The lowest BCUT2D eigenvalue weighted by atomic mass is 10.0. The summed E-state index contributed by atoms with van der Waals surface area (Å²) in [6, 6.07) is 10.2. The van der Waals surface area contributed by atoms with Crippen LogP contribution in [0.4, 0.5) is 5.69 Å². The van der Waals surface area contributed by atoms with Gasteiger partial charge in [-0.25, -0.2) is 9.78 Å². The summed E-state index contributed by atoms with van der Waals surface area (Å²) in [6.07, 6.45) is 4.97. The normalized spacial score (nSPS) is 14.8. The number of aromatic nitrogens is 3. The van der Waals surface area contributed by atoms with Gasteiger partial charge in [0.15, 0.2) is 5.65 Å². The highest BCUT2D eigenvalue weighted by Gasteiger charge is 2.22. The number of anilines is 1. The summed E-state index contributed by atoms with van der Waals surface area (Å²) in [7, 11) is 1.36. The van der Waals surface area contributed by atoms with E-state index in [1.807, 2.05) is 24.4 Å². The molecule has 3 aromatic rings. The van der Waals surface area contributed by atoms with E-state index in [9.17, 15) is 4.79 Å². The number of hydrogen-bond donors (Lipinski definition) is 2. The third-order valence-electron chi connectivity index (χ3n) is 4.69. The molecule has 2 aromatic heterocycles. The number of carbonyl (C=O) groups is 1. The highest BCUT2D eigenvalue weighted by molar-refractivity contribution is 6.03. The maximum absolute atomic E-state index is 11.5. The van der Waals surface area contributed by atoms with Gasteiger partial charge in [0, 0.05) is 44.0 Å². The van der Waals surface area contributed by atoms with Crippen molar-refractivity contribution in [2.24, 2.45) is 0 Å². The van der Waals surface area contributed by atoms with Crippen molar-refractivity contribution >= 4 is 28.8 Å². The first-order valence-corrected chi connectivity index (χ1v) is 8.92. The molecule has 1 aliphatic heterocycles. The van der Waals surface area contributed by atoms with Crippen molar-refractivity contribution in [3.63, 3.8) is 0 Å². The maximum Gasteiger partial charge on any atom is 0.330 e. The number of carbonyl (C=O) groups excluding carboxylic acids is 1. The molecular formula is C20H21N5O2. The Kier molecular flexibility index (Phi) is 4.84. The standard InChI is InChI=1S/C20H21N5O2/c1-27-17(26)8-7-16-18-19(25-11-9-21-10-12-25)15(13-22-20(18)24-23-16)14-5-3-2-4-6-14/h2-8,13,21H,9-12H2,1H3,(H,22,23,24)/b8-7+. The quantitative estimate of drug-likeness (QED) is 0.546. The van der Waals surface area contributed by atoms with Crippen LogP contribution in [0.1, 0.15) is 5.69 Å². The van der Waals surface area contributed by atoms with Crippen LogP contribution in [0.25, 0.3) is 28.2 Å². The number of rotatable bonds is 4. The van der Waals surface area contributed by atoms with Crippen LogP contribution >= 0.6 is 0 Å². The first-order chi connectivity index (χ1) is 13.3. The number of piperazine rings is 1. The van der Waals surface area contributed by atoms with E-state index >= 15 is 0 Å². The van der Waals surface area contributed by atoms with Crippen molar-refractivity contribution in [2.45, 2.75) is 0 Å². The van der Waals surface area contributed by atoms with Gasteiger partial charge in [-0.3, -0.25) is 5.10 Å². The Morgan fingerprint density at radius 1 is 1.22 bits per heavy atom. The predicted octanol–water partition coefficient (Wildman–Crippen LogP) is 2.22. The van der Waals surface area contributed by atoms with E-state index in [1.54, 1.807) is 6.08 Å². The zero-order valence-electron chi connectivity index (χ0n) is 15.1. The molecule has 1 saturated heterocycles. The van der Waals surface area contributed by atoms with Crippen molar-refractivity contribution in [2.75, 3.05) is 38.2 Å². The lowest BCUT2D eigenvalue weighted by Gasteiger charge is -2.31. The second-order valence-corrected chi connectivity index (χ2v) is 6.32. The molecule has 7 nitrogen and oxygen atoms in total. The molecule has 0 saturated carbocycles. The second kappa shape index (κ2) is 7.59. The zero-order valence-corrected chi connectivity index (χ0v) is 15.1. The fourth-order valence-electron chi connectivity index (χ4n) is 3.38. The first-order valence-electron chi connectivity index (χ1n) is 8.92. The molecule has 7 heteroatoms. The molecule has 1 aromatic carbocycles. The third kappa shape index (κ3) is 3.41. The van der Waals surface area contributed by atoms with Gasteiger partial charge >= 0.3 is 5.97 Å². The van der Waals surface area contributed by atoms with Crippen LogP contribution in [0.15, 0.2) is 42.6 Å². The van der Waals surface area contributed by atoms with Crippen molar-refractivity contribution in [1.82, 2.24) is 20.5 Å². The molecular weight excluding hydrogens is 342 g/mol. The average molecular weight is 363 g/mol. The minimum absolute atomic E-state index is 0.409. The molecule has 4 rings (SSSR count). The fraction of sp³-hybridized carbons (Fsp3) is 0.250. The van der Waals surface area contributed by atoms with Crippen LogP contribution in [0.3, 0.4) is 0 Å². The first kappa shape index (κ1) is 17.2. The van der Waals surface area contributed by atoms with Gasteiger partial charge in [0.05, 0.1) is 23.9 Å². The Bertz CT molecular complexity index is 975. The third-order valence-corrected chi connectivity index (χ3v) is 4.69. The van der Waals surface area contributed by atoms with Crippen LogP contribution in [0.2, 0.25) is 0 Å². The van der Waals surface area contributed by atoms with Gasteiger partial charge in [-0.05, 0) is 11.6 Å².